The van der Waals surface area contributed by atoms with E-state index >= 15 is 0 Å². The van der Waals surface area contributed by atoms with Gasteiger partial charge in [-0.25, -0.2) is 0 Å². The summed E-state index contributed by atoms with van der Waals surface area (Å²) in [4.78, 5) is 27.3. The number of nitrogens with two attached hydrogens (primary N) is 1. The number of rotatable bonds is 5. The minimum Gasteiger partial charge on any atom is -0.344 e. The summed E-state index contributed by atoms with van der Waals surface area (Å²) in [6, 6.07) is 9.52. The predicted molar refractivity (Wildman–Crippen MR) is 100 cm³/mol. The molecule has 2 aliphatic rings. The second-order valence-corrected chi connectivity index (χ2v) is 7.05. The number of likely N-dealkylation sites (tertiary alicyclic amines) is 1. The van der Waals surface area contributed by atoms with Gasteiger partial charge in [0.25, 0.3) is 0 Å². The molecule has 1 aliphatic heterocycles. The fourth-order valence-electron chi connectivity index (χ4n) is 3.75. The van der Waals surface area contributed by atoms with Crippen LogP contribution in [0.5, 0.6) is 0 Å². The minimum absolute atomic E-state index is 0. The van der Waals surface area contributed by atoms with E-state index in [1.807, 2.05) is 35.2 Å². The first-order valence-corrected chi connectivity index (χ1v) is 9.02. The van der Waals surface area contributed by atoms with Crippen LogP contribution in [0.25, 0.3) is 0 Å². The molecule has 3 atom stereocenters. The third-order valence-electron chi connectivity index (χ3n) is 5.16. The number of halogens is 1. The lowest BCUT2D eigenvalue weighted by Gasteiger charge is -2.25. The molecule has 138 valence electrons. The van der Waals surface area contributed by atoms with Gasteiger partial charge in [-0.2, -0.15) is 0 Å². The van der Waals surface area contributed by atoms with Crippen molar-refractivity contribution in [3.8, 4) is 0 Å². The molecule has 3 N–H and O–H groups in total. The number of hydrogen-bond donors (Lipinski definition) is 2. The monoisotopic (exact) mass is 365 g/mol. The van der Waals surface area contributed by atoms with Crippen LogP contribution in [0.3, 0.4) is 0 Å². The number of nitrogens with one attached hydrogen (secondary N) is 1. The highest BCUT2D eigenvalue weighted by molar-refractivity contribution is 5.89. The molecule has 3 unspecified atom stereocenters. The molecule has 3 rings (SSSR count). The van der Waals surface area contributed by atoms with Crippen LogP contribution < -0.4 is 11.1 Å². The minimum atomic E-state index is -0.477. The lowest BCUT2D eigenvalue weighted by Crippen LogP contribution is -2.50. The van der Waals surface area contributed by atoms with Crippen molar-refractivity contribution in [3.05, 3.63) is 35.9 Å². The molecule has 2 fully saturated rings. The van der Waals surface area contributed by atoms with E-state index in [1.165, 1.54) is 0 Å². The SMILES string of the molecule is Cl.NC1CCC(C(=O)NC(Cc2ccccc2)C(=O)N2CCCC2)C1. The van der Waals surface area contributed by atoms with E-state index in [4.69, 9.17) is 5.73 Å². The average Bonchev–Trinajstić information content (AvgIpc) is 3.26. The van der Waals surface area contributed by atoms with E-state index in [1.54, 1.807) is 0 Å². The predicted octanol–water partition coefficient (Wildman–Crippen LogP) is 1.89. The lowest BCUT2D eigenvalue weighted by molar-refractivity contribution is -0.136. The van der Waals surface area contributed by atoms with Crippen LogP contribution in [0.1, 0.15) is 37.7 Å². The topological polar surface area (TPSA) is 75.4 Å². The van der Waals surface area contributed by atoms with Crippen molar-refractivity contribution in [3.63, 3.8) is 0 Å². The van der Waals surface area contributed by atoms with Gasteiger partial charge in [0.2, 0.25) is 11.8 Å². The second kappa shape index (κ2) is 9.20. The van der Waals surface area contributed by atoms with Crippen molar-refractivity contribution in [1.29, 1.82) is 0 Å². The maximum Gasteiger partial charge on any atom is 0.245 e. The Morgan fingerprint density at radius 1 is 1.16 bits per heavy atom. The molecular weight excluding hydrogens is 338 g/mol. The zero-order valence-electron chi connectivity index (χ0n) is 14.5. The van der Waals surface area contributed by atoms with Crippen LogP contribution in [-0.2, 0) is 16.0 Å². The Labute approximate surface area is 155 Å². The average molecular weight is 366 g/mol. The van der Waals surface area contributed by atoms with Crippen molar-refractivity contribution >= 4 is 24.2 Å². The third kappa shape index (κ3) is 5.19. The maximum atomic E-state index is 12.9. The first kappa shape index (κ1) is 19.7. The normalized spacial score (nSPS) is 23.8. The third-order valence-corrected chi connectivity index (χ3v) is 5.16. The first-order chi connectivity index (χ1) is 11.6. The Hall–Kier alpha value is -1.59. The molecule has 25 heavy (non-hydrogen) atoms. The standard InChI is InChI=1S/C19H27N3O2.ClH/c20-16-9-8-15(13-16)18(23)21-17(12-14-6-2-1-3-7-14)19(24)22-10-4-5-11-22;/h1-3,6-7,15-17H,4-5,8-13,20H2,(H,21,23);1H. The molecule has 1 saturated heterocycles. The van der Waals surface area contributed by atoms with E-state index in [-0.39, 0.29) is 36.2 Å². The lowest BCUT2D eigenvalue weighted by atomic mass is 10.0. The Morgan fingerprint density at radius 2 is 1.84 bits per heavy atom. The molecule has 0 spiro atoms. The van der Waals surface area contributed by atoms with Gasteiger partial charge in [-0.15, -0.1) is 12.4 Å². The van der Waals surface area contributed by atoms with Crippen molar-refractivity contribution in [2.75, 3.05) is 13.1 Å². The van der Waals surface area contributed by atoms with Gasteiger partial charge in [0.05, 0.1) is 0 Å². The summed E-state index contributed by atoms with van der Waals surface area (Å²) in [7, 11) is 0. The Balaban J connectivity index is 0.00000225. The molecular formula is C19H28ClN3O2. The highest BCUT2D eigenvalue weighted by Crippen LogP contribution is 2.24. The highest BCUT2D eigenvalue weighted by atomic mass is 35.5. The number of benzene rings is 1. The Bertz CT molecular complexity index is 575. The summed E-state index contributed by atoms with van der Waals surface area (Å²) in [6.45, 7) is 1.60. The van der Waals surface area contributed by atoms with Crippen molar-refractivity contribution in [1.82, 2.24) is 10.2 Å². The van der Waals surface area contributed by atoms with Crippen molar-refractivity contribution in [2.24, 2.45) is 11.7 Å². The van der Waals surface area contributed by atoms with Gasteiger partial charge in [0, 0.05) is 31.5 Å². The summed E-state index contributed by atoms with van der Waals surface area (Å²) >= 11 is 0. The van der Waals surface area contributed by atoms with E-state index in [2.05, 4.69) is 5.32 Å². The molecule has 1 aromatic rings. The summed E-state index contributed by atoms with van der Waals surface area (Å²) in [5, 5.41) is 3.02. The van der Waals surface area contributed by atoms with Gasteiger partial charge in [0.15, 0.2) is 0 Å². The molecule has 5 nitrogen and oxygen atoms in total. The molecule has 1 aliphatic carbocycles. The van der Waals surface area contributed by atoms with E-state index in [0.717, 1.165) is 50.8 Å². The van der Waals surface area contributed by atoms with Crippen molar-refractivity contribution < 1.29 is 9.59 Å². The molecule has 1 saturated carbocycles. The fraction of sp³-hybridized carbons (Fsp3) is 0.579. The van der Waals surface area contributed by atoms with Gasteiger partial charge in [-0.3, -0.25) is 9.59 Å². The van der Waals surface area contributed by atoms with E-state index < -0.39 is 6.04 Å². The number of nitrogens with zero attached hydrogens (tertiary/aromatic N) is 1. The quantitative estimate of drug-likeness (QED) is 0.836. The molecule has 0 aromatic heterocycles. The van der Waals surface area contributed by atoms with Gasteiger partial charge < -0.3 is 16.0 Å². The summed E-state index contributed by atoms with van der Waals surface area (Å²) in [6.07, 6.45) is 5.08. The van der Waals surface area contributed by atoms with Crippen molar-refractivity contribution in [2.45, 2.75) is 50.6 Å². The van der Waals surface area contributed by atoms with Crippen LogP contribution in [0.2, 0.25) is 0 Å². The van der Waals surface area contributed by atoms with Gasteiger partial charge in [-0.05, 0) is 37.7 Å². The number of hydrogen-bond acceptors (Lipinski definition) is 3. The van der Waals surface area contributed by atoms with Crippen LogP contribution in [0, 0.1) is 5.92 Å². The van der Waals surface area contributed by atoms with Gasteiger partial charge in [-0.1, -0.05) is 30.3 Å². The smallest absolute Gasteiger partial charge is 0.245 e. The molecule has 0 bridgehead atoms. The molecule has 2 amide bonds. The largest absolute Gasteiger partial charge is 0.344 e. The molecule has 1 aromatic carbocycles. The first-order valence-electron chi connectivity index (χ1n) is 9.02. The molecule has 6 heteroatoms. The number of carbonyl (C=O) groups is 2. The summed E-state index contributed by atoms with van der Waals surface area (Å²) in [5.41, 5.74) is 6.99. The van der Waals surface area contributed by atoms with Crippen LogP contribution in [-0.4, -0.2) is 41.9 Å². The van der Waals surface area contributed by atoms with E-state index in [9.17, 15) is 9.59 Å². The van der Waals surface area contributed by atoms with Crippen LogP contribution >= 0.6 is 12.4 Å². The van der Waals surface area contributed by atoms with Crippen LogP contribution in [0.15, 0.2) is 30.3 Å². The summed E-state index contributed by atoms with van der Waals surface area (Å²) < 4.78 is 0. The second-order valence-electron chi connectivity index (χ2n) is 7.05. The zero-order chi connectivity index (χ0) is 16.9. The van der Waals surface area contributed by atoms with Crippen LogP contribution in [0.4, 0.5) is 0 Å². The fourth-order valence-corrected chi connectivity index (χ4v) is 3.75. The highest BCUT2D eigenvalue weighted by Gasteiger charge is 2.32. The Morgan fingerprint density at radius 3 is 2.44 bits per heavy atom. The maximum absolute atomic E-state index is 12.9. The Kier molecular flexibility index (Phi) is 7.26. The number of carbonyl (C=O) groups excluding carboxylic acids is 2. The molecule has 0 radical (unpaired) electrons. The van der Waals surface area contributed by atoms with E-state index in [0.29, 0.717) is 6.42 Å². The molecule has 1 heterocycles. The summed E-state index contributed by atoms with van der Waals surface area (Å²) in [5.74, 6) is -0.0203. The van der Waals surface area contributed by atoms with Gasteiger partial charge >= 0.3 is 0 Å². The number of amides is 2. The zero-order valence-corrected chi connectivity index (χ0v) is 15.3. The van der Waals surface area contributed by atoms with Gasteiger partial charge in [0.1, 0.15) is 6.04 Å².